The van der Waals surface area contributed by atoms with E-state index >= 15 is 0 Å². The van der Waals surface area contributed by atoms with Crippen LogP contribution in [-0.4, -0.2) is 18.7 Å². The third-order valence-corrected chi connectivity index (χ3v) is 5.04. The number of rotatable bonds is 5. The molecule has 0 aliphatic carbocycles. The number of ether oxygens (including phenoxy) is 1. The van der Waals surface area contributed by atoms with Crippen LogP contribution in [0.4, 0.5) is 0 Å². The minimum absolute atomic E-state index is 0.0872. The van der Waals surface area contributed by atoms with Crippen LogP contribution in [0.1, 0.15) is 16.7 Å². The first kappa shape index (κ1) is 18.7. The Balaban J connectivity index is 1.50. The first-order valence-corrected chi connectivity index (χ1v) is 9.54. The highest BCUT2D eigenvalue weighted by atomic mass is 16.5. The number of hydrogen-bond donors (Lipinski definition) is 1. The SMILES string of the molecule is Cc1ccc(OCC(=O)N/N=C\c2c3ccccc3cc3ccccc23)cc1C. The Bertz CT molecular complexity index is 1170. The fraction of sp³-hybridized carbons (Fsp3) is 0.120. The van der Waals surface area contributed by atoms with Crippen molar-refractivity contribution in [3.8, 4) is 5.75 Å². The second kappa shape index (κ2) is 8.15. The van der Waals surface area contributed by atoms with Gasteiger partial charge in [-0.05, 0) is 64.7 Å². The summed E-state index contributed by atoms with van der Waals surface area (Å²) in [7, 11) is 0. The van der Waals surface area contributed by atoms with Crippen molar-refractivity contribution in [3.63, 3.8) is 0 Å². The second-order valence-electron chi connectivity index (χ2n) is 7.06. The lowest BCUT2D eigenvalue weighted by Gasteiger charge is -2.08. The van der Waals surface area contributed by atoms with Gasteiger partial charge in [-0.3, -0.25) is 4.79 Å². The summed E-state index contributed by atoms with van der Waals surface area (Å²) in [5, 5.41) is 8.64. The quantitative estimate of drug-likeness (QED) is 0.295. The van der Waals surface area contributed by atoms with Gasteiger partial charge in [-0.1, -0.05) is 54.6 Å². The van der Waals surface area contributed by atoms with E-state index in [0.29, 0.717) is 5.75 Å². The van der Waals surface area contributed by atoms with E-state index in [1.807, 2.05) is 56.3 Å². The smallest absolute Gasteiger partial charge is 0.277 e. The molecule has 0 fully saturated rings. The fourth-order valence-electron chi connectivity index (χ4n) is 3.34. The second-order valence-corrected chi connectivity index (χ2v) is 7.06. The van der Waals surface area contributed by atoms with Crippen LogP contribution in [0, 0.1) is 13.8 Å². The van der Waals surface area contributed by atoms with Gasteiger partial charge in [0.25, 0.3) is 5.91 Å². The lowest BCUT2D eigenvalue weighted by Crippen LogP contribution is -2.24. The maximum absolute atomic E-state index is 12.1. The van der Waals surface area contributed by atoms with Gasteiger partial charge < -0.3 is 4.74 Å². The third-order valence-electron chi connectivity index (χ3n) is 5.04. The summed E-state index contributed by atoms with van der Waals surface area (Å²) < 4.78 is 5.56. The van der Waals surface area contributed by atoms with Gasteiger partial charge in [-0.2, -0.15) is 5.10 Å². The van der Waals surface area contributed by atoms with Crippen molar-refractivity contribution in [1.29, 1.82) is 0 Å². The molecule has 0 radical (unpaired) electrons. The molecule has 1 amide bonds. The number of carbonyl (C=O) groups excluding carboxylic acids is 1. The van der Waals surface area contributed by atoms with E-state index in [1.165, 1.54) is 5.56 Å². The van der Waals surface area contributed by atoms with Gasteiger partial charge in [0.2, 0.25) is 0 Å². The number of nitrogens with one attached hydrogen (secondary N) is 1. The van der Waals surface area contributed by atoms with Crippen LogP contribution in [-0.2, 0) is 4.79 Å². The van der Waals surface area contributed by atoms with Crippen molar-refractivity contribution in [1.82, 2.24) is 5.43 Å². The van der Waals surface area contributed by atoms with E-state index in [2.05, 4.69) is 40.9 Å². The number of benzene rings is 4. The number of fused-ring (bicyclic) bond motifs is 2. The van der Waals surface area contributed by atoms with Crippen molar-refractivity contribution in [2.75, 3.05) is 6.61 Å². The highest BCUT2D eigenvalue weighted by Crippen LogP contribution is 2.27. The lowest BCUT2D eigenvalue weighted by molar-refractivity contribution is -0.123. The maximum Gasteiger partial charge on any atom is 0.277 e. The molecule has 4 aromatic rings. The molecule has 1 N–H and O–H groups in total. The maximum atomic E-state index is 12.1. The monoisotopic (exact) mass is 382 g/mol. The van der Waals surface area contributed by atoms with E-state index in [1.54, 1.807) is 6.21 Å². The van der Waals surface area contributed by atoms with Crippen LogP contribution < -0.4 is 10.2 Å². The zero-order valence-electron chi connectivity index (χ0n) is 16.5. The summed E-state index contributed by atoms with van der Waals surface area (Å²) in [5.74, 6) is 0.372. The van der Waals surface area contributed by atoms with Gasteiger partial charge in [-0.25, -0.2) is 5.43 Å². The van der Waals surface area contributed by atoms with E-state index in [0.717, 1.165) is 32.7 Å². The molecule has 0 aromatic heterocycles. The molecule has 4 rings (SSSR count). The molecular formula is C25H22N2O2. The van der Waals surface area contributed by atoms with Crippen molar-refractivity contribution >= 4 is 33.7 Å². The number of nitrogens with zero attached hydrogens (tertiary/aromatic N) is 1. The van der Waals surface area contributed by atoms with Crippen molar-refractivity contribution in [2.45, 2.75) is 13.8 Å². The molecule has 0 aliphatic rings. The summed E-state index contributed by atoms with van der Waals surface area (Å²) in [6, 6.07) is 24.3. The largest absolute Gasteiger partial charge is 0.484 e. The van der Waals surface area contributed by atoms with Gasteiger partial charge in [0.1, 0.15) is 5.75 Å². The highest BCUT2D eigenvalue weighted by Gasteiger charge is 2.06. The zero-order chi connectivity index (χ0) is 20.2. The highest BCUT2D eigenvalue weighted by molar-refractivity contribution is 6.13. The molecular weight excluding hydrogens is 360 g/mol. The standard InChI is InChI=1S/C25H22N2O2/c1-17-11-12-21(13-18(17)2)29-16-25(28)27-26-15-24-22-9-5-3-7-19(22)14-20-8-4-6-10-23(20)24/h3-15H,16H2,1-2H3,(H,27,28)/b26-15-. The molecule has 4 heteroatoms. The molecule has 0 atom stereocenters. The van der Waals surface area contributed by atoms with E-state index in [-0.39, 0.29) is 12.5 Å². The van der Waals surface area contributed by atoms with Gasteiger partial charge in [-0.15, -0.1) is 0 Å². The average Bonchev–Trinajstić information content (AvgIpc) is 2.74. The molecule has 4 nitrogen and oxygen atoms in total. The summed E-state index contributed by atoms with van der Waals surface area (Å²) in [4.78, 5) is 12.1. The molecule has 0 heterocycles. The lowest BCUT2D eigenvalue weighted by atomic mass is 9.97. The first-order chi connectivity index (χ1) is 14.1. The van der Waals surface area contributed by atoms with Crippen LogP contribution in [0.15, 0.2) is 77.9 Å². The van der Waals surface area contributed by atoms with Crippen molar-refractivity contribution in [2.24, 2.45) is 5.10 Å². The third kappa shape index (κ3) is 4.11. The number of hydrazone groups is 1. The van der Waals surface area contributed by atoms with Crippen LogP contribution in [0.25, 0.3) is 21.5 Å². The minimum atomic E-state index is -0.302. The Labute approximate surface area is 169 Å². The average molecular weight is 382 g/mol. The summed E-state index contributed by atoms with van der Waals surface area (Å²) in [6.45, 7) is 3.97. The number of carbonyl (C=O) groups is 1. The van der Waals surface area contributed by atoms with Crippen molar-refractivity contribution < 1.29 is 9.53 Å². The Kier molecular flexibility index (Phi) is 5.25. The number of hydrogen-bond acceptors (Lipinski definition) is 3. The number of aryl methyl sites for hydroxylation is 2. The topological polar surface area (TPSA) is 50.7 Å². The van der Waals surface area contributed by atoms with Crippen molar-refractivity contribution in [3.05, 3.63) is 89.5 Å². The predicted molar refractivity (Wildman–Crippen MR) is 119 cm³/mol. The number of amides is 1. The first-order valence-electron chi connectivity index (χ1n) is 9.54. The Morgan fingerprint density at radius 2 is 1.55 bits per heavy atom. The van der Waals surface area contributed by atoms with Crippen LogP contribution in [0.3, 0.4) is 0 Å². The molecule has 144 valence electrons. The Hall–Kier alpha value is -3.66. The normalized spacial score (nSPS) is 11.2. The molecule has 0 aliphatic heterocycles. The predicted octanol–water partition coefficient (Wildman–Crippen LogP) is 5.14. The molecule has 0 unspecified atom stereocenters. The van der Waals surface area contributed by atoms with Crippen LogP contribution in [0.2, 0.25) is 0 Å². The van der Waals surface area contributed by atoms with Gasteiger partial charge in [0.05, 0.1) is 6.21 Å². The van der Waals surface area contributed by atoms with Crippen LogP contribution >= 0.6 is 0 Å². The molecule has 0 spiro atoms. The fourth-order valence-corrected chi connectivity index (χ4v) is 3.34. The Morgan fingerprint density at radius 3 is 2.21 bits per heavy atom. The van der Waals surface area contributed by atoms with Gasteiger partial charge >= 0.3 is 0 Å². The molecule has 0 saturated carbocycles. The van der Waals surface area contributed by atoms with Gasteiger partial charge in [0.15, 0.2) is 6.61 Å². The summed E-state index contributed by atoms with van der Waals surface area (Å²) in [5.41, 5.74) is 5.86. The zero-order valence-corrected chi connectivity index (χ0v) is 16.5. The van der Waals surface area contributed by atoms with E-state index < -0.39 is 0 Å². The minimum Gasteiger partial charge on any atom is -0.484 e. The summed E-state index contributed by atoms with van der Waals surface area (Å²) >= 11 is 0. The molecule has 29 heavy (non-hydrogen) atoms. The molecule has 0 saturated heterocycles. The molecule has 4 aromatic carbocycles. The molecule has 0 bridgehead atoms. The Morgan fingerprint density at radius 1 is 0.897 bits per heavy atom. The van der Waals surface area contributed by atoms with Crippen LogP contribution in [0.5, 0.6) is 5.75 Å². The van der Waals surface area contributed by atoms with E-state index in [9.17, 15) is 4.79 Å². The van der Waals surface area contributed by atoms with E-state index in [4.69, 9.17) is 4.74 Å². The van der Waals surface area contributed by atoms with Gasteiger partial charge in [0, 0.05) is 5.56 Å². The summed E-state index contributed by atoms with van der Waals surface area (Å²) in [6.07, 6.45) is 1.71.